The number of amides is 2. The van der Waals surface area contributed by atoms with E-state index in [0.29, 0.717) is 25.8 Å². The second kappa shape index (κ2) is 9.76. The Kier molecular flexibility index (Phi) is 7.39. The first-order valence-corrected chi connectivity index (χ1v) is 9.15. The lowest BCUT2D eigenvalue weighted by Gasteiger charge is -2.30. The van der Waals surface area contributed by atoms with Gasteiger partial charge in [0, 0.05) is 20.0 Å². The molecule has 2 aromatic carbocycles. The summed E-state index contributed by atoms with van der Waals surface area (Å²) in [4.78, 5) is 27.0. The summed E-state index contributed by atoms with van der Waals surface area (Å²) in [6, 6.07) is 17.6. The lowest BCUT2D eigenvalue weighted by molar-refractivity contribution is -0.141. The molecular formula is C22H28N2O2. The standard InChI is InChI=1S/C22H28N2O2/c1-4-20(22(26)23-3)24(16-19-8-6-5-7-9-19)21(25)15-14-18-12-10-17(2)11-13-18/h5-13,20H,4,14-16H2,1-3H3,(H,23,26). The first-order valence-electron chi connectivity index (χ1n) is 9.15. The summed E-state index contributed by atoms with van der Waals surface area (Å²) in [7, 11) is 1.61. The van der Waals surface area contributed by atoms with E-state index >= 15 is 0 Å². The van der Waals surface area contributed by atoms with Crippen molar-refractivity contribution in [2.24, 2.45) is 0 Å². The van der Waals surface area contributed by atoms with Crippen LogP contribution >= 0.6 is 0 Å². The normalized spacial score (nSPS) is 11.7. The van der Waals surface area contributed by atoms with Crippen molar-refractivity contribution in [1.82, 2.24) is 10.2 Å². The van der Waals surface area contributed by atoms with E-state index < -0.39 is 6.04 Å². The molecule has 0 saturated heterocycles. The largest absolute Gasteiger partial charge is 0.357 e. The van der Waals surface area contributed by atoms with Crippen LogP contribution in [0.15, 0.2) is 54.6 Å². The van der Waals surface area contributed by atoms with Gasteiger partial charge in [-0.05, 0) is 30.9 Å². The van der Waals surface area contributed by atoms with Gasteiger partial charge in [0.1, 0.15) is 6.04 Å². The zero-order valence-electron chi connectivity index (χ0n) is 15.9. The van der Waals surface area contributed by atoms with Crippen molar-refractivity contribution >= 4 is 11.8 Å². The lowest BCUT2D eigenvalue weighted by Crippen LogP contribution is -2.48. The smallest absolute Gasteiger partial charge is 0.242 e. The van der Waals surface area contributed by atoms with Crippen LogP contribution in [0.5, 0.6) is 0 Å². The van der Waals surface area contributed by atoms with Gasteiger partial charge in [-0.25, -0.2) is 0 Å². The highest BCUT2D eigenvalue weighted by atomic mass is 16.2. The summed E-state index contributed by atoms with van der Waals surface area (Å²) < 4.78 is 0. The Morgan fingerprint density at radius 2 is 1.65 bits per heavy atom. The Morgan fingerprint density at radius 1 is 1.00 bits per heavy atom. The molecule has 0 aliphatic heterocycles. The van der Waals surface area contributed by atoms with E-state index in [1.807, 2.05) is 44.2 Å². The van der Waals surface area contributed by atoms with E-state index in [9.17, 15) is 9.59 Å². The second-order valence-electron chi connectivity index (χ2n) is 6.53. The topological polar surface area (TPSA) is 49.4 Å². The zero-order chi connectivity index (χ0) is 18.9. The van der Waals surface area contributed by atoms with Gasteiger partial charge in [0.15, 0.2) is 0 Å². The SMILES string of the molecule is CCC(C(=O)NC)N(Cc1ccccc1)C(=O)CCc1ccc(C)cc1. The number of hydrogen-bond donors (Lipinski definition) is 1. The van der Waals surface area contributed by atoms with E-state index in [0.717, 1.165) is 11.1 Å². The minimum atomic E-state index is -0.453. The van der Waals surface area contributed by atoms with Crippen LogP contribution in [0.1, 0.15) is 36.5 Å². The Bertz CT molecular complexity index is 711. The van der Waals surface area contributed by atoms with Gasteiger partial charge in [-0.2, -0.15) is 0 Å². The van der Waals surface area contributed by atoms with Gasteiger partial charge < -0.3 is 10.2 Å². The van der Waals surface area contributed by atoms with Crippen molar-refractivity contribution < 1.29 is 9.59 Å². The molecule has 1 unspecified atom stereocenters. The highest BCUT2D eigenvalue weighted by Crippen LogP contribution is 2.15. The van der Waals surface area contributed by atoms with Crippen molar-refractivity contribution in [3.05, 3.63) is 71.3 Å². The molecule has 0 spiro atoms. The van der Waals surface area contributed by atoms with Crippen molar-refractivity contribution in [2.45, 2.75) is 45.7 Å². The second-order valence-corrected chi connectivity index (χ2v) is 6.53. The molecule has 0 heterocycles. The minimum Gasteiger partial charge on any atom is -0.357 e. The van der Waals surface area contributed by atoms with Crippen molar-refractivity contribution in [1.29, 1.82) is 0 Å². The van der Waals surface area contributed by atoms with Gasteiger partial charge in [0.05, 0.1) is 0 Å². The Morgan fingerprint density at radius 3 is 2.23 bits per heavy atom. The fourth-order valence-electron chi connectivity index (χ4n) is 3.02. The van der Waals surface area contributed by atoms with Gasteiger partial charge in [-0.1, -0.05) is 67.1 Å². The average Bonchev–Trinajstić information content (AvgIpc) is 2.67. The molecule has 2 rings (SSSR count). The third-order valence-electron chi connectivity index (χ3n) is 4.58. The minimum absolute atomic E-state index is 0.00452. The number of nitrogens with one attached hydrogen (secondary N) is 1. The summed E-state index contributed by atoms with van der Waals surface area (Å²) in [5, 5.41) is 2.68. The van der Waals surface area contributed by atoms with E-state index in [4.69, 9.17) is 0 Å². The first-order chi connectivity index (χ1) is 12.5. The van der Waals surface area contributed by atoms with Crippen LogP contribution < -0.4 is 5.32 Å². The molecule has 0 saturated carbocycles. The third kappa shape index (κ3) is 5.45. The maximum atomic E-state index is 13.0. The number of likely N-dealkylation sites (N-methyl/N-ethyl adjacent to an activating group) is 1. The van der Waals surface area contributed by atoms with Crippen molar-refractivity contribution in [3.63, 3.8) is 0 Å². The fourth-order valence-corrected chi connectivity index (χ4v) is 3.02. The number of carbonyl (C=O) groups excluding carboxylic acids is 2. The van der Waals surface area contributed by atoms with Crippen LogP contribution in [0.4, 0.5) is 0 Å². The summed E-state index contributed by atoms with van der Waals surface area (Å²) in [6.45, 7) is 4.43. The number of rotatable bonds is 8. The Balaban J connectivity index is 2.13. The molecule has 0 bridgehead atoms. The van der Waals surface area contributed by atoms with Crippen LogP contribution in [0.25, 0.3) is 0 Å². The summed E-state index contributed by atoms with van der Waals surface area (Å²) >= 11 is 0. The summed E-state index contributed by atoms with van der Waals surface area (Å²) in [6.07, 6.45) is 1.65. The van der Waals surface area contributed by atoms with Gasteiger partial charge in [-0.3, -0.25) is 9.59 Å². The molecule has 0 aliphatic rings. The van der Waals surface area contributed by atoms with E-state index in [1.165, 1.54) is 5.56 Å². The third-order valence-corrected chi connectivity index (χ3v) is 4.58. The first kappa shape index (κ1) is 19.7. The van der Waals surface area contributed by atoms with Gasteiger partial charge >= 0.3 is 0 Å². The van der Waals surface area contributed by atoms with Crippen LogP contribution in [0.3, 0.4) is 0 Å². The molecule has 138 valence electrons. The number of nitrogens with zero attached hydrogens (tertiary/aromatic N) is 1. The van der Waals surface area contributed by atoms with Crippen LogP contribution in [-0.4, -0.2) is 29.8 Å². The fraction of sp³-hybridized carbons (Fsp3) is 0.364. The molecule has 2 aromatic rings. The number of carbonyl (C=O) groups is 2. The monoisotopic (exact) mass is 352 g/mol. The molecule has 0 fully saturated rings. The summed E-state index contributed by atoms with van der Waals surface area (Å²) in [5.74, 6) is -0.114. The number of benzene rings is 2. The van der Waals surface area contributed by atoms with Gasteiger partial charge in [0.25, 0.3) is 0 Å². The van der Waals surface area contributed by atoms with E-state index in [-0.39, 0.29) is 11.8 Å². The van der Waals surface area contributed by atoms with E-state index in [2.05, 4.69) is 29.6 Å². The molecule has 0 aliphatic carbocycles. The molecule has 26 heavy (non-hydrogen) atoms. The van der Waals surface area contributed by atoms with Crippen LogP contribution in [-0.2, 0) is 22.6 Å². The maximum Gasteiger partial charge on any atom is 0.242 e. The molecule has 1 atom stereocenters. The predicted molar refractivity (Wildman–Crippen MR) is 105 cm³/mol. The highest BCUT2D eigenvalue weighted by molar-refractivity contribution is 5.87. The summed E-state index contributed by atoms with van der Waals surface area (Å²) in [5.41, 5.74) is 3.37. The Hall–Kier alpha value is -2.62. The van der Waals surface area contributed by atoms with Crippen molar-refractivity contribution in [3.8, 4) is 0 Å². The quantitative estimate of drug-likeness (QED) is 0.791. The van der Waals surface area contributed by atoms with Crippen LogP contribution in [0.2, 0.25) is 0 Å². The maximum absolute atomic E-state index is 13.0. The molecule has 2 amide bonds. The molecule has 0 aromatic heterocycles. The number of hydrogen-bond acceptors (Lipinski definition) is 2. The lowest BCUT2D eigenvalue weighted by atomic mass is 10.1. The zero-order valence-corrected chi connectivity index (χ0v) is 15.9. The molecule has 0 radical (unpaired) electrons. The van der Waals surface area contributed by atoms with Crippen molar-refractivity contribution in [2.75, 3.05) is 7.05 Å². The molecule has 4 nitrogen and oxygen atoms in total. The molecule has 4 heteroatoms. The number of aryl methyl sites for hydroxylation is 2. The van der Waals surface area contributed by atoms with Crippen LogP contribution in [0, 0.1) is 6.92 Å². The van der Waals surface area contributed by atoms with Gasteiger partial charge in [-0.15, -0.1) is 0 Å². The Labute approximate surface area is 156 Å². The molecular weight excluding hydrogens is 324 g/mol. The molecule has 1 N–H and O–H groups in total. The predicted octanol–water partition coefficient (Wildman–Crippen LogP) is 3.48. The van der Waals surface area contributed by atoms with E-state index in [1.54, 1.807) is 11.9 Å². The average molecular weight is 352 g/mol. The highest BCUT2D eigenvalue weighted by Gasteiger charge is 2.27. The van der Waals surface area contributed by atoms with Gasteiger partial charge in [0.2, 0.25) is 11.8 Å².